The van der Waals surface area contributed by atoms with Crippen LogP contribution in [0.15, 0.2) is 29.0 Å². The second kappa shape index (κ2) is 9.50. The Morgan fingerprint density at radius 2 is 1.80 bits per heavy atom. The molecule has 0 spiro atoms. The van der Waals surface area contributed by atoms with Gasteiger partial charge in [0.1, 0.15) is 5.82 Å². The third-order valence-corrected chi connectivity index (χ3v) is 2.01. The van der Waals surface area contributed by atoms with Crippen LogP contribution in [0.25, 0.3) is 0 Å². The number of nitrogens with zero attached hydrogens (tertiary/aromatic N) is 1. The summed E-state index contributed by atoms with van der Waals surface area (Å²) < 4.78 is 0. The summed E-state index contributed by atoms with van der Waals surface area (Å²) in [6.45, 7) is 12.3. The molecule has 0 aliphatic carbocycles. The molecule has 2 heteroatoms. The summed E-state index contributed by atoms with van der Waals surface area (Å²) in [4.78, 5) is 4.10. The van der Waals surface area contributed by atoms with Crippen molar-refractivity contribution in [1.82, 2.24) is 0 Å². The van der Waals surface area contributed by atoms with Crippen molar-refractivity contribution >= 4 is 6.21 Å². The van der Waals surface area contributed by atoms with Crippen LogP contribution in [0.2, 0.25) is 0 Å². The van der Waals surface area contributed by atoms with Crippen molar-refractivity contribution in [2.75, 3.05) is 0 Å². The van der Waals surface area contributed by atoms with Crippen LogP contribution in [-0.2, 0) is 0 Å². The molecule has 2 N–H and O–H groups in total. The lowest BCUT2D eigenvalue weighted by molar-refractivity contribution is 0.587. The first-order chi connectivity index (χ1) is 7.16. The zero-order valence-corrected chi connectivity index (χ0v) is 11.0. The zero-order valence-electron chi connectivity index (χ0n) is 11.0. The molecule has 1 aliphatic rings. The summed E-state index contributed by atoms with van der Waals surface area (Å²) in [5.41, 5.74) is 5.60. The molecular weight excluding hydrogens is 184 g/mol. The van der Waals surface area contributed by atoms with E-state index >= 15 is 0 Å². The summed E-state index contributed by atoms with van der Waals surface area (Å²) in [5, 5.41) is 0. The molecule has 0 aromatic heterocycles. The van der Waals surface area contributed by atoms with Gasteiger partial charge >= 0.3 is 0 Å². The maximum atomic E-state index is 5.52. The van der Waals surface area contributed by atoms with Gasteiger partial charge in [0, 0.05) is 11.6 Å². The van der Waals surface area contributed by atoms with E-state index in [1.54, 1.807) is 0 Å². The molecule has 1 heterocycles. The van der Waals surface area contributed by atoms with Crippen molar-refractivity contribution in [2.45, 2.75) is 48.0 Å². The minimum Gasteiger partial charge on any atom is -0.384 e. The highest BCUT2D eigenvalue weighted by atomic mass is 14.9. The Balaban J connectivity index is 0. The van der Waals surface area contributed by atoms with Crippen LogP contribution < -0.4 is 5.73 Å². The summed E-state index contributed by atoms with van der Waals surface area (Å²) in [6.07, 6.45) is 8.86. The highest BCUT2D eigenvalue weighted by Crippen LogP contribution is 2.21. The van der Waals surface area contributed by atoms with E-state index in [4.69, 9.17) is 5.73 Å². The van der Waals surface area contributed by atoms with E-state index in [-0.39, 0.29) is 5.41 Å². The zero-order chi connectivity index (χ0) is 12.3. The molecule has 1 rings (SSSR count). The van der Waals surface area contributed by atoms with Crippen LogP contribution in [0.3, 0.4) is 0 Å². The highest BCUT2D eigenvalue weighted by Gasteiger charge is 2.15. The quantitative estimate of drug-likeness (QED) is 0.700. The number of allylic oxidation sites excluding steroid dienone is 3. The molecule has 1 atom stereocenters. The molecule has 1 unspecified atom stereocenters. The number of hydrogen-bond donors (Lipinski definition) is 1. The normalized spacial score (nSPS) is 22.7. The third-order valence-electron chi connectivity index (χ3n) is 2.01. The molecule has 1 aliphatic heterocycles. The monoisotopic (exact) mass is 210 g/mol. The van der Waals surface area contributed by atoms with Gasteiger partial charge in [0.25, 0.3) is 0 Å². The number of hydrogen-bond acceptors (Lipinski definition) is 2. The number of rotatable bonds is 1. The molecule has 0 amide bonds. The smallest absolute Gasteiger partial charge is 0.122 e. The van der Waals surface area contributed by atoms with Gasteiger partial charge in [0.05, 0.1) is 0 Å². The van der Waals surface area contributed by atoms with Crippen LogP contribution in [0.1, 0.15) is 48.0 Å². The van der Waals surface area contributed by atoms with Crippen molar-refractivity contribution in [2.24, 2.45) is 16.1 Å². The average molecular weight is 210 g/mol. The van der Waals surface area contributed by atoms with Crippen molar-refractivity contribution in [1.29, 1.82) is 0 Å². The van der Waals surface area contributed by atoms with Gasteiger partial charge in [-0.05, 0) is 12.5 Å². The van der Waals surface area contributed by atoms with E-state index < -0.39 is 0 Å². The maximum Gasteiger partial charge on any atom is 0.122 e. The van der Waals surface area contributed by atoms with E-state index in [1.165, 1.54) is 0 Å². The second-order valence-electron chi connectivity index (χ2n) is 3.07. The van der Waals surface area contributed by atoms with E-state index in [1.807, 2.05) is 46.1 Å². The van der Waals surface area contributed by atoms with Gasteiger partial charge in [-0.15, -0.1) is 0 Å². The fourth-order valence-electron chi connectivity index (χ4n) is 0.884. The second-order valence-corrected chi connectivity index (χ2v) is 3.07. The van der Waals surface area contributed by atoms with E-state index in [9.17, 15) is 0 Å². The SMILES string of the molecule is CC.CC.CCC1(C)C=CC=C(N)N=C1. The first-order valence-corrected chi connectivity index (χ1v) is 5.86. The predicted octanol–water partition coefficient (Wildman–Crippen LogP) is 3.90. The molecule has 0 radical (unpaired) electrons. The fourth-order valence-corrected chi connectivity index (χ4v) is 0.884. The molecule has 0 saturated heterocycles. The first kappa shape index (κ1) is 16.4. The Bertz CT molecular complexity index is 227. The minimum absolute atomic E-state index is 0.0810. The molecular formula is C13H26N2. The first-order valence-electron chi connectivity index (χ1n) is 5.86. The van der Waals surface area contributed by atoms with E-state index in [0.29, 0.717) is 5.82 Å². The summed E-state index contributed by atoms with van der Waals surface area (Å²) >= 11 is 0. The lowest BCUT2D eigenvalue weighted by Gasteiger charge is -2.16. The number of nitrogens with two attached hydrogens (primary N) is 1. The minimum atomic E-state index is 0.0810. The summed E-state index contributed by atoms with van der Waals surface area (Å²) in [5.74, 6) is 0.582. The van der Waals surface area contributed by atoms with Crippen LogP contribution in [0.5, 0.6) is 0 Å². The molecule has 0 fully saturated rings. The Labute approximate surface area is 95.0 Å². The van der Waals surface area contributed by atoms with Gasteiger partial charge in [-0.1, -0.05) is 53.7 Å². The van der Waals surface area contributed by atoms with Gasteiger partial charge in [-0.25, -0.2) is 4.99 Å². The lowest BCUT2D eigenvalue weighted by Crippen LogP contribution is -2.12. The van der Waals surface area contributed by atoms with Gasteiger partial charge in [-0.2, -0.15) is 0 Å². The summed E-state index contributed by atoms with van der Waals surface area (Å²) in [7, 11) is 0. The van der Waals surface area contributed by atoms with Crippen molar-refractivity contribution < 1.29 is 0 Å². The van der Waals surface area contributed by atoms with Crippen LogP contribution in [-0.4, -0.2) is 6.21 Å². The van der Waals surface area contributed by atoms with Crippen LogP contribution in [0.4, 0.5) is 0 Å². The lowest BCUT2D eigenvalue weighted by atomic mass is 9.89. The standard InChI is InChI=1S/C9H14N2.2C2H6/c1-3-9(2)6-4-5-8(10)11-7-9;2*1-2/h4-7H,3,10H2,1-2H3;2*1-2H3. The van der Waals surface area contributed by atoms with Crippen molar-refractivity contribution in [3.05, 3.63) is 24.0 Å². The molecule has 2 nitrogen and oxygen atoms in total. The van der Waals surface area contributed by atoms with E-state index in [0.717, 1.165) is 6.42 Å². The third kappa shape index (κ3) is 6.95. The largest absolute Gasteiger partial charge is 0.384 e. The Hall–Kier alpha value is -1.05. The van der Waals surface area contributed by atoms with Crippen LogP contribution in [0, 0.1) is 5.41 Å². The predicted molar refractivity (Wildman–Crippen MR) is 71.0 cm³/mol. The molecule has 0 bridgehead atoms. The molecule has 15 heavy (non-hydrogen) atoms. The summed E-state index contributed by atoms with van der Waals surface area (Å²) in [6, 6.07) is 0. The maximum absolute atomic E-state index is 5.52. The Morgan fingerprint density at radius 1 is 1.27 bits per heavy atom. The average Bonchev–Trinajstić information content (AvgIpc) is 2.48. The topological polar surface area (TPSA) is 38.4 Å². The molecule has 0 saturated carbocycles. The van der Waals surface area contributed by atoms with Crippen molar-refractivity contribution in [3.8, 4) is 0 Å². The van der Waals surface area contributed by atoms with Gasteiger partial charge in [-0.3, -0.25) is 0 Å². The Morgan fingerprint density at radius 3 is 2.27 bits per heavy atom. The fraction of sp³-hybridized carbons (Fsp3) is 0.615. The highest BCUT2D eigenvalue weighted by molar-refractivity contribution is 5.70. The van der Waals surface area contributed by atoms with Crippen LogP contribution >= 0.6 is 0 Å². The number of aliphatic imine (C=N–C) groups is 1. The van der Waals surface area contributed by atoms with Gasteiger partial charge in [0.2, 0.25) is 0 Å². The molecule has 0 aromatic rings. The van der Waals surface area contributed by atoms with Gasteiger partial charge < -0.3 is 5.73 Å². The Kier molecular flexibility index (Phi) is 10.4. The molecule has 88 valence electrons. The van der Waals surface area contributed by atoms with Crippen molar-refractivity contribution in [3.63, 3.8) is 0 Å². The van der Waals surface area contributed by atoms with Gasteiger partial charge in [0.15, 0.2) is 0 Å². The molecule has 0 aromatic carbocycles. The van der Waals surface area contributed by atoms with E-state index in [2.05, 4.69) is 24.9 Å².